The van der Waals surface area contributed by atoms with Crippen LogP contribution in [0.25, 0.3) is 0 Å². The van der Waals surface area contributed by atoms with E-state index in [2.05, 4.69) is 10.6 Å². The van der Waals surface area contributed by atoms with E-state index in [1.807, 2.05) is 55.5 Å². The Labute approximate surface area is 158 Å². The first-order valence-corrected chi connectivity index (χ1v) is 8.64. The van der Waals surface area contributed by atoms with Crippen molar-refractivity contribution in [3.05, 3.63) is 59.7 Å². The van der Waals surface area contributed by atoms with Gasteiger partial charge in [0.1, 0.15) is 6.61 Å². The van der Waals surface area contributed by atoms with E-state index < -0.39 is 0 Å². The highest BCUT2D eigenvalue weighted by Gasteiger charge is 2.13. The van der Waals surface area contributed by atoms with Gasteiger partial charge in [-0.3, -0.25) is 9.59 Å². The lowest BCUT2D eigenvalue weighted by Gasteiger charge is -2.17. The van der Waals surface area contributed by atoms with E-state index in [1.165, 1.54) is 0 Å². The fraction of sp³-hybridized carbons (Fsp3) is 0.300. The molecule has 0 spiro atoms. The number of nitrogens with one attached hydrogen (secondary N) is 2. The van der Waals surface area contributed by atoms with Gasteiger partial charge in [-0.25, -0.2) is 0 Å². The molecule has 0 saturated heterocycles. The van der Waals surface area contributed by atoms with Crippen molar-refractivity contribution < 1.29 is 19.1 Å². The molecular formula is C20H25N3O4. The number of hydrogen-bond donors (Lipinski definition) is 3. The Morgan fingerprint density at radius 1 is 1.07 bits per heavy atom. The van der Waals surface area contributed by atoms with Gasteiger partial charge in [0.05, 0.1) is 26.2 Å². The van der Waals surface area contributed by atoms with Crippen molar-refractivity contribution in [2.45, 2.75) is 19.6 Å². The van der Waals surface area contributed by atoms with E-state index >= 15 is 0 Å². The van der Waals surface area contributed by atoms with Gasteiger partial charge in [-0.15, -0.1) is 0 Å². The van der Waals surface area contributed by atoms with Gasteiger partial charge in [-0.05, 0) is 30.2 Å². The van der Waals surface area contributed by atoms with Gasteiger partial charge >= 0.3 is 0 Å². The van der Waals surface area contributed by atoms with Crippen molar-refractivity contribution in [2.75, 3.05) is 20.2 Å². The summed E-state index contributed by atoms with van der Waals surface area (Å²) in [5.41, 5.74) is 7.11. The maximum absolute atomic E-state index is 11.9. The van der Waals surface area contributed by atoms with E-state index in [1.54, 1.807) is 7.11 Å². The van der Waals surface area contributed by atoms with Gasteiger partial charge in [0.2, 0.25) is 11.8 Å². The summed E-state index contributed by atoms with van der Waals surface area (Å²) in [6.45, 7) is 2.02. The number of benzene rings is 2. The molecule has 27 heavy (non-hydrogen) atoms. The highest BCUT2D eigenvalue weighted by molar-refractivity contribution is 5.85. The van der Waals surface area contributed by atoms with Gasteiger partial charge in [-0.1, -0.05) is 36.4 Å². The van der Waals surface area contributed by atoms with Crippen molar-refractivity contribution in [1.82, 2.24) is 10.6 Å². The topological polar surface area (TPSA) is 103 Å². The average Bonchev–Trinajstić information content (AvgIpc) is 2.70. The molecule has 7 heteroatoms. The van der Waals surface area contributed by atoms with Crippen LogP contribution in [-0.2, 0) is 16.2 Å². The largest absolute Gasteiger partial charge is 0.493 e. The minimum absolute atomic E-state index is 0.115. The summed E-state index contributed by atoms with van der Waals surface area (Å²) in [6, 6.07) is 15.1. The lowest BCUT2D eigenvalue weighted by atomic mass is 10.1. The molecule has 2 aromatic rings. The Bertz CT molecular complexity index is 765. The van der Waals surface area contributed by atoms with Crippen LogP contribution in [0.5, 0.6) is 11.5 Å². The van der Waals surface area contributed by atoms with E-state index in [9.17, 15) is 9.59 Å². The van der Waals surface area contributed by atoms with Crippen LogP contribution >= 0.6 is 0 Å². The SMILES string of the molecule is COc1cc(C(C)NC(=O)CNC(=O)CN)ccc1OCc1ccccc1. The number of methoxy groups -OCH3 is 1. The number of nitrogens with two attached hydrogens (primary N) is 1. The van der Waals surface area contributed by atoms with Gasteiger partial charge < -0.3 is 25.8 Å². The molecular weight excluding hydrogens is 346 g/mol. The second kappa shape index (κ2) is 10.2. The maximum Gasteiger partial charge on any atom is 0.239 e. The number of hydrogen-bond acceptors (Lipinski definition) is 5. The normalized spacial score (nSPS) is 11.4. The molecule has 0 aliphatic rings. The lowest BCUT2D eigenvalue weighted by molar-refractivity contribution is -0.125. The summed E-state index contributed by atoms with van der Waals surface area (Å²) < 4.78 is 11.2. The van der Waals surface area contributed by atoms with E-state index in [4.69, 9.17) is 15.2 Å². The van der Waals surface area contributed by atoms with Gasteiger partial charge in [0.15, 0.2) is 11.5 Å². The smallest absolute Gasteiger partial charge is 0.239 e. The van der Waals surface area contributed by atoms with Crippen molar-refractivity contribution in [3.63, 3.8) is 0 Å². The molecule has 0 saturated carbocycles. The summed E-state index contributed by atoms with van der Waals surface area (Å²) in [7, 11) is 1.57. The van der Waals surface area contributed by atoms with Crippen LogP contribution in [0.4, 0.5) is 0 Å². The summed E-state index contributed by atoms with van der Waals surface area (Å²) >= 11 is 0. The van der Waals surface area contributed by atoms with Crippen LogP contribution in [0.15, 0.2) is 48.5 Å². The zero-order valence-electron chi connectivity index (χ0n) is 15.5. The number of rotatable bonds is 9. The Balaban J connectivity index is 1.97. The monoisotopic (exact) mass is 371 g/mol. The van der Waals surface area contributed by atoms with E-state index in [0.717, 1.165) is 11.1 Å². The van der Waals surface area contributed by atoms with Crippen LogP contribution < -0.4 is 25.8 Å². The third-order valence-corrected chi connectivity index (χ3v) is 3.93. The summed E-state index contributed by atoms with van der Waals surface area (Å²) in [4.78, 5) is 23.0. The fourth-order valence-electron chi connectivity index (χ4n) is 2.43. The fourth-order valence-corrected chi connectivity index (χ4v) is 2.43. The van der Waals surface area contributed by atoms with E-state index in [0.29, 0.717) is 18.1 Å². The highest BCUT2D eigenvalue weighted by Crippen LogP contribution is 2.30. The van der Waals surface area contributed by atoms with Crippen LogP contribution in [0.3, 0.4) is 0 Å². The molecule has 1 atom stereocenters. The van der Waals surface area contributed by atoms with Crippen molar-refractivity contribution >= 4 is 11.8 Å². The second-order valence-corrected chi connectivity index (χ2v) is 5.95. The van der Waals surface area contributed by atoms with Crippen LogP contribution in [-0.4, -0.2) is 32.0 Å². The molecule has 0 aromatic heterocycles. The first-order valence-electron chi connectivity index (χ1n) is 8.64. The maximum atomic E-state index is 11.9. The first-order chi connectivity index (χ1) is 13.0. The predicted octanol–water partition coefficient (Wildman–Crippen LogP) is 1.53. The van der Waals surface area contributed by atoms with Crippen LogP contribution in [0, 0.1) is 0 Å². The number of carbonyl (C=O) groups is 2. The second-order valence-electron chi connectivity index (χ2n) is 5.95. The first kappa shape index (κ1) is 20.3. The Morgan fingerprint density at radius 3 is 2.48 bits per heavy atom. The van der Waals surface area contributed by atoms with Gasteiger partial charge in [0, 0.05) is 0 Å². The third-order valence-electron chi connectivity index (χ3n) is 3.93. The molecule has 2 rings (SSSR count). The van der Waals surface area contributed by atoms with E-state index in [-0.39, 0.29) is 30.9 Å². The standard InChI is InChI=1S/C20H25N3O4/c1-14(23-20(25)12-22-19(24)11-21)16-8-9-17(18(10-16)26-2)27-13-15-6-4-3-5-7-15/h3-10,14H,11-13,21H2,1-2H3,(H,22,24)(H,23,25). The number of amides is 2. The zero-order chi connectivity index (χ0) is 19.6. The van der Waals surface area contributed by atoms with Crippen molar-refractivity contribution in [1.29, 1.82) is 0 Å². The van der Waals surface area contributed by atoms with Crippen molar-refractivity contribution in [3.8, 4) is 11.5 Å². The lowest BCUT2D eigenvalue weighted by Crippen LogP contribution is -2.40. The minimum atomic E-state index is -0.376. The quantitative estimate of drug-likeness (QED) is 0.620. The van der Waals surface area contributed by atoms with Gasteiger partial charge in [0.25, 0.3) is 0 Å². The molecule has 0 radical (unpaired) electrons. The summed E-state index contributed by atoms with van der Waals surface area (Å²) in [5.74, 6) is 0.534. The molecule has 0 aliphatic heterocycles. The molecule has 144 valence electrons. The molecule has 0 aliphatic carbocycles. The number of carbonyl (C=O) groups excluding carboxylic acids is 2. The minimum Gasteiger partial charge on any atom is -0.493 e. The number of ether oxygens (including phenoxy) is 2. The predicted molar refractivity (Wildman–Crippen MR) is 102 cm³/mol. The highest BCUT2D eigenvalue weighted by atomic mass is 16.5. The van der Waals surface area contributed by atoms with Crippen LogP contribution in [0.1, 0.15) is 24.1 Å². The Kier molecular flexibility index (Phi) is 7.63. The summed E-state index contributed by atoms with van der Waals surface area (Å²) in [6.07, 6.45) is 0. The molecule has 1 unspecified atom stereocenters. The average molecular weight is 371 g/mol. The Morgan fingerprint density at radius 2 is 1.81 bits per heavy atom. The van der Waals surface area contributed by atoms with Crippen LogP contribution in [0.2, 0.25) is 0 Å². The third kappa shape index (κ3) is 6.31. The Hall–Kier alpha value is -3.06. The zero-order valence-corrected chi connectivity index (χ0v) is 15.5. The molecule has 0 fully saturated rings. The molecule has 2 aromatic carbocycles. The molecule has 0 heterocycles. The molecule has 2 amide bonds. The summed E-state index contributed by atoms with van der Waals surface area (Å²) in [5, 5.41) is 5.25. The molecule has 7 nitrogen and oxygen atoms in total. The van der Waals surface area contributed by atoms with Crippen molar-refractivity contribution in [2.24, 2.45) is 5.73 Å². The molecule has 4 N–H and O–H groups in total. The molecule has 0 bridgehead atoms. The van der Waals surface area contributed by atoms with Gasteiger partial charge in [-0.2, -0.15) is 0 Å².